The molecule has 1 saturated heterocycles. The van der Waals surface area contributed by atoms with Gasteiger partial charge in [0.05, 0.1) is 6.10 Å². The van der Waals surface area contributed by atoms with Crippen LogP contribution in [0, 0.1) is 0 Å². The van der Waals surface area contributed by atoms with E-state index in [0.717, 1.165) is 0 Å². The zero-order valence-corrected chi connectivity index (χ0v) is 7.97. The molecule has 0 amide bonds. The van der Waals surface area contributed by atoms with Gasteiger partial charge in [-0.15, -0.1) is 0 Å². The highest BCUT2D eigenvalue weighted by atomic mass is 16.7. The maximum atomic E-state index is 9.72. The van der Waals surface area contributed by atoms with Crippen molar-refractivity contribution in [1.82, 2.24) is 0 Å². The van der Waals surface area contributed by atoms with E-state index in [1.165, 1.54) is 14.0 Å². The van der Waals surface area contributed by atoms with Crippen LogP contribution in [0.5, 0.6) is 0 Å². The van der Waals surface area contributed by atoms with Gasteiger partial charge < -0.3 is 24.8 Å². The van der Waals surface area contributed by atoms with Crippen molar-refractivity contribution in [2.45, 2.75) is 44.1 Å². The summed E-state index contributed by atoms with van der Waals surface area (Å²) in [5.74, 6) is 0. The Morgan fingerprint density at radius 2 is 1.85 bits per heavy atom. The summed E-state index contributed by atoms with van der Waals surface area (Å²) in [6, 6.07) is 0. The Morgan fingerprint density at radius 3 is 2.31 bits per heavy atom. The van der Waals surface area contributed by atoms with Crippen molar-refractivity contribution in [2.75, 3.05) is 7.11 Å². The van der Waals surface area contributed by atoms with Crippen molar-refractivity contribution >= 4 is 0 Å². The third-order valence-corrected chi connectivity index (χ3v) is 2.48. The first-order valence-corrected chi connectivity index (χ1v) is 4.18. The standard InChI is InChI=1S/C8H16O5/c1-4-5(9)8(2,11)6(10)7(12-3)13-4/h4-7,9-11H,1-3H3/t4-,5+,6+,7+,8-/m1/s1. The molecule has 0 spiro atoms. The van der Waals surface area contributed by atoms with Gasteiger partial charge in [-0.1, -0.05) is 0 Å². The van der Waals surface area contributed by atoms with E-state index in [4.69, 9.17) is 9.47 Å². The summed E-state index contributed by atoms with van der Waals surface area (Å²) in [6.07, 6.45) is -3.82. The molecule has 0 aromatic heterocycles. The number of hydrogen-bond acceptors (Lipinski definition) is 5. The number of ether oxygens (including phenoxy) is 2. The molecular formula is C8H16O5. The van der Waals surface area contributed by atoms with E-state index in [1.54, 1.807) is 6.92 Å². The number of aliphatic hydroxyl groups excluding tert-OH is 2. The van der Waals surface area contributed by atoms with Gasteiger partial charge in [0.1, 0.15) is 17.8 Å². The van der Waals surface area contributed by atoms with Crippen LogP contribution in [0.1, 0.15) is 13.8 Å². The van der Waals surface area contributed by atoms with Gasteiger partial charge >= 0.3 is 0 Å². The van der Waals surface area contributed by atoms with Gasteiger partial charge in [-0.25, -0.2) is 0 Å². The number of methoxy groups -OCH3 is 1. The predicted octanol–water partition coefficient (Wildman–Crippen LogP) is -1.15. The summed E-state index contributed by atoms with van der Waals surface area (Å²) in [4.78, 5) is 0. The van der Waals surface area contributed by atoms with Gasteiger partial charge in [-0.2, -0.15) is 0 Å². The normalized spacial score (nSPS) is 52.2. The molecule has 0 unspecified atom stereocenters. The van der Waals surface area contributed by atoms with Gasteiger partial charge in [-0.3, -0.25) is 0 Å². The lowest BCUT2D eigenvalue weighted by atomic mass is 9.86. The Labute approximate surface area is 76.9 Å². The van der Waals surface area contributed by atoms with Gasteiger partial charge in [0, 0.05) is 7.11 Å². The Kier molecular flexibility index (Phi) is 2.94. The van der Waals surface area contributed by atoms with Gasteiger partial charge in [-0.05, 0) is 13.8 Å². The number of rotatable bonds is 1. The second kappa shape index (κ2) is 3.51. The average molecular weight is 192 g/mol. The summed E-state index contributed by atoms with van der Waals surface area (Å²) >= 11 is 0. The minimum absolute atomic E-state index is 0.566. The highest BCUT2D eigenvalue weighted by Gasteiger charge is 2.50. The molecule has 0 aromatic carbocycles. The van der Waals surface area contributed by atoms with E-state index in [9.17, 15) is 15.3 Å². The summed E-state index contributed by atoms with van der Waals surface area (Å²) < 4.78 is 9.93. The van der Waals surface area contributed by atoms with E-state index in [-0.39, 0.29) is 0 Å². The minimum Gasteiger partial charge on any atom is -0.387 e. The van der Waals surface area contributed by atoms with Gasteiger partial charge in [0.2, 0.25) is 0 Å². The molecule has 3 N–H and O–H groups in total. The van der Waals surface area contributed by atoms with Gasteiger partial charge in [0.15, 0.2) is 6.29 Å². The molecule has 1 aliphatic rings. The maximum Gasteiger partial charge on any atom is 0.186 e. The van der Waals surface area contributed by atoms with Crippen LogP contribution in [-0.4, -0.2) is 52.6 Å². The van der Waals surface area contributed by atoms with Crippen molar-refractivity contribution in [3.8, 4) is 0 Å². The Hall–Kier alpha value is -0.200. The molecule has 1 fully saturated rings. The van der Waals surface area contributed by atoms with E-state index >= 15 is 0 Å². The number of hydrogen-bond donors (Lipinski definition) is 3. The molecular weight excluding hydrogens is 176 g/mol. The molecule has 78 valence electrons. The summed E-state index contributed by atoms with van der Waals surface area (Å²) in [5.41, 5.74) is -1.60. The molecule has 0 radical (unpaired) electrons. The fourth-order valence-corrected chi connectivity index (χ4v) is 1.47. The first kappa shape index (κ1) is 10.9. The fraction of sp³-hybridized carbons (Fsp3) is 1.00. The average Bonchev–Trinajstić information content (AvgIpc) is 2.09. The van der Waals surface area contributed by atoms with Crippen LogP contribution in [0.3, 0.4) is 0 Å². The van der Waals surface area contributed by atoms with Crippen molar-refractivity contribution in [2.24, 2.45) is 0 Å². The molecule has 1 heterocycles. The fourth-order valence-electron chi connectivity index (χ4n) is 1.47. The number of aliphatic hydroxyl groups is 3. The Bertz CT molecular complexity index is 181. The summed E-state index contributed by atoms with van der Waals surface area (Å²) in [6.45, 7) is 2.96. The van der Waals surface area contributed by atoms with Crippen LogP contribution in [0.2, 0.25) is 0 Å². The topological polar surface area (TPSA) is 79.2 Å². The van der Waals surface area contributed by atoms with E-state index in [2.05, 4.69) is 0 Å². The highest BCUT2D eigenvalue weighted by molar-refractivity contribution is 4.97. The quantitative estimate of drug-likeness (QED) is 0.489. The Balaban J connectivity index is 2.82. The third-order valence-electron chi connectivity index (χ3n) is 2.48. The predicted molar refractivity (Wildman–Crippen MR) is 44.0 cm³/mol. The lowest BCUT2D eigenvalue weighted by molar-refractivity contribution is -0.315. The molecule has 5 atom stereocenters. The zero-order chi connectivity index (χ0) is 10.2. The van der Waals surface area contributed by atoms with Crippen LogP contribution < -0.4 is 0 Å². The zero-order valence-electron chi connectivity index (χ0n) is 7.97. The second-order valence-electron chi connectivity index (χ2n) is 3.56. The first-order valence-electron chi connectivity index (χ1n) is 4.18. The molecule has 13 heavy (non-hydrogen) atoms. The van der Waals surface area contributed by atoms with Crippen LogP contribution in [0.15, 0.2) is 0 Å². The van der Waals surface area contributed by atoms with Crippen molar-refractivity contribution in [3.05, 3.63) is 0 Å². The van der Waals surface area contributed by atoms with Crippen LogP contribution in [0.4, 0.5) is 0 Å². The third kappa shape index (κ3) is 1.70. The molecule has 0 saturated carbocycles. The largest absolute Gasteiger partial charge is 0.387 e. The lowest BCUT2D eigenvalue weighted by Gasteiger charge is -2.45. The van der Waals surface area contributed by atoms with Crippen LogP contribution in [-0.2, 0) is 9.47 Å². The molecule has 1 aliphatic heterocycles. The lowest BCUT2D eigenvalue weighted by Crippen LogP contribution is -2.64. The minimum atomic E-state index is -1.60. The van der Waals surface area contributed by atoms with Crippen molar-refractivity contribution in [3.63, 3.8) is 0 Å². The van der Waals surface area contributed by atoms with Gasteiger partial charge in [0.25, 0.3) is 0 Å². The van der Waals surface area contributed by atoms with Crippen molar-refractivity contribution in [1.29, 1.82) is 0 Å². The van der Waals surface area contributed by atoms with E-state index in [1.807, 2.05) is 0 Å². The first-order chi connectivity index (χ1) is 5.91. The monoisotopic (exact) mass is 192 g/mol. The molecule has 1 rings (SSSR count). The van der Waals surface area contributed by atoms with Crippen LogP contribution in [0.25, 0.3) is 0 Å². The summed E-state index contributed by atoms with van der Waals surface area (Å²) in [7, 11) is 1.37. The maximum absolute atomic E-state index is 9.72. The SMILES string of the molecule is CO[C@H]1O[C@H](C)[C@H](O)[C@@](C)(O)[C@H]1O. The molecule has 0 aliphatic carbocycles. The molecule has 0 bridgehead atoms. The molecule has 0 aromatic rings. The second-order valence-corrected chi connectivity index (χ2v) is 3.56. The van der Waals surface area contributed by atoms with Crippen LogP contribution >= 0.6 is 0 Å². The smallest absolute Gasteiger partial charge is 0.186 e. The molecule has 5 nitrogen and oxygen atoms in total. The van der Waals surface area contributed by atoms with Crippen molar-refractivity contribution < 1.29 is 24.8 Å². The molecule has 5 heteroatoms. The Morgan fingerprint density at radius 1 is 1.31 bits per heavy atom. The van der Waals surface area contributed by atoms with E-state index < -0.39 is 30.2 Å². The summed E-state index contributed by atoms with van der Waals surface area (Å²) in [5, 5.41) is 28.7. The highest BCUT2D eigenvalue weighted by Crippen LogP contribution is 2.29. The van der Waals surface area contributed by atoms with E-state index in [0.29, 0.717) is 0 Å².